The first-order chi connectivity index (χ1) is 8.36. The Balaban J connectivity index is 2.66. The predicted molar refractivity (Wildman–Crippen MR) is 71.6 cm³/mol. The molecule has 0 saturated heterocycles. The average Bonchev–Trinajstić information content (AvgIpc) is 2.30. The monoisotopic (exact) mass is 257 g/mol. The van der Waals surface area contributed by atoms with Crippen molar-refractivity contribution in [1.82, 2.24) is 5.32 Å². The van der Waals surface area contributed by atoms with E-state index in [1.165, 1.54) is 0 Å². The van der Waals surface area contributed by atoms with E-state index in [-0.39, 0.29) is 23.5 Å². The van der Waals surface area contributed by atoms with Crippen LogP contribution in [-0.2, 0) is 9.53 Å². The third kappa shape index (κ3) is 2.86. The summed E-state index contributed by atoms with van der Waals surface area (Å²) in [6.07, 6.45) is 2.17. The van der Waals surface area contributed by atoms with Crippen molar-refractivity contribution in [2.45, 2.75) is 65.6 Å². The lowest BCUT2D eigenvalue weighted by molar-refractivity contribution is -0.148. The summed E-state index contributed by atoms with van der Waals surface area (Å²) >= 11 is 0. The summed E-state index contributed by atoms with van der Waals surface area (Å²) in [7, 11) is 0. The Bertz CT molecular complexity index is 293. The van der Waals surface area contributed by atoms with Gasteiger partial charge in [-0.25, -0.2) is 0 Å². The van der Waals surface area contributed by atoms with Gasteiger partial charge in [-0.15, -0.1) is 0 Å². The normalized spacial score (nSPS) is 33.2. The molecule has 0 spiro atoms. The van der Waals surface area contributed by atoms with Gasteiger partial charge >= 0.3 is 5.97 Å². The zero-order valence-corrected chi connectivity index (χ0v) is 12.2. The number of aliphatic carboxylic acids is 1. The number of rotatable bonds is 7. The molecule has 0 aliphatic heterocycles. The molecular formula is C14H27NO3. The number of hydrogen-bond donors (Lipinski definition) is 2. The van der Waals surface area contributed by atoms with Gasteiger partial charge < -0.3 is 15.2 Å². The second kappa shape index (κ2) is 6.02. The van der Waals surface area contributed by atoms with E-state index >= 15 is 0 Å². The molecule has 106 valence electrons. The van der Waals surface area contributed by atoms with Gasteiger partial charge in [0, 0.05) is 18.1 Å². The van der Waals surface area contributed by atoms with E-state index in [0.717, 1.165) is 19.4 Å². The standard InChI is InChI=1S/C14H27NO3/c1-6-14(5)10(8-11(14)18-7-2)15-12(9(3)4)13(16)17/h9-12,15H,6-8H2,1-5H3,(H,16,17). The Labute approximate surface area is 110 Å². The second-order valence-corrected chi connectivity index (χ2v) is 5.82. The van der Waals surface area contributed by atoms with Crippen LogP contribution in [0.1, 0.15) is 47.5 Å². The lowest BCUT2D eigenvalue weighted by atomic mass is 9.61. The van der Waals surface area contributed by atoms with Gasteiger partial charge in [-0.05, 0) is 25.7 Å². The average molecular weight is 257 g/mol. The fraction of sp³-hybridized carbons (Fsp3) is 0.929. The van der Waals surface area contributed by atoms with E-state index in [9.17, 15) is 9.90 Å². The van der Waals surface area contributed by atoms with Crippen molar-refractivity contribution in [3.8, 4) is 0 Å². The van der Waals surface area contributed by atoms with Crippen LogP contribution < -0.4 is 5.32 Å². The number of carboxylic acids is 1. The van der Waals surface area contributed by atoms with Gasteiger partial charge in [0.05, 0.1) is 6.10 Å². The highest BCUT2D eigenvalue weighted by molar-refractivity contribution is 5.73. The molecule has 0 radical (unpaired) electrons. The van der Waals surface area contributed by atoms with E-state index in [1.54, 1.807) is 0 Å². The molecule has 4 atom stereocenters. The minimum absolute atomic E-state index is 0.0542. The zero-order valence-electron chi connectivity index (χ0n) is 12.2. The smallest absolute Gasteiger partial charge is 0.320 e. The van der Waals surface area contributed by atoms with Crippen molar-refractivity contribution in [1.29, 1.82) is 0 Å². The van der Waals surface area contributed by atoms with Gasteiger partial charge in [-0.1, -0.05) is 27.7 Å². The Hall–Kier alpha value is -0.610. The van der Waals surface area contributed by atoms with E-state index in [1.807, 2.05) is 20.8 Å². The van der Waals surface area contributed by atoms with Crippen LogP contribution in [0.25, 0.3) is 0 Å². The van der Waals surface area contributed by atoms with Crippen LogP contribution in [0, 0.1) is 11.3 Å². The fourth-order valence-corrected chi connectivity index (χ4v) is 2.77. The van der Waals surface area contributed by atoms with Crippen LogP contribution in [-0.4, -0.2) is 35.9 Å². The highest BCUT2D eigenvalue weighted by Gasteiger charge is 2.52. The molecule has 2 N–H and O–H groups in total. The van der Waals surface area contributed by atoms with Crippen LogP contribution in [0.4, 0.5) is 0 Å². The Morgan fingerprint density at radius 2 is 2.11 bits per heavy atom. The quantitative estimate of drug-likeness (QED) is 0.734. The predicted octanol–water partition coefficient (Wildman–Crippen LogP) is 2.28. The van der Waals surface area contributed by atoms with Gasteiger partial charge in [0.2, 0.25) is 0 Å². The Morgan fingerprint density at radius 1 is 1.50 bits per heavy atom. The molecule has 18 heavy (non-hydrogen) atoms. The number of carbonyl (C=O) groups is 1. The second-order valence-electron chi connectivity index (χ2n) is 5.82. The zero-order chi connectivity index (χ0) is 13.9. The molecule has 0 aromatic heterocycles. The first-order valence-corrected chi connectivity index (χ1v) is 6.97. The van der Waals surface area contributed by atoms with E-state index in [2.05, 4.69) is 19.2 Å². The van der Waals surface area contributed by atoms with Crippen LogP contribution in [0.2, 0.25) is 0 Å². The van der Waals surface area contributed by atoms with E-state index in [4.69, 9.17) is 4.74 Å². The first-order valence-electron chi connectivity index (χ1n) is 6.97. The SMILES string of the molecule is CCOC1CC(NC(C(=O)O)C(C)C)C1(C)CC. The summed E-state index contributed by atoms with van der Waals surface area (Å²) in [5.41, 5.74) is 0.0542. The molecular weight excluding hydrogens is 230 g/mol. The third-order valence-electron chi connectivity index (χ3n) is 4.42. The summed E-state index contributed by atoms with van der Waals surface area (Å²) in [5, 5.41) is 12.5. The molecule has 4 unspecified atom stereocenters. The third-order valence-corrected chi connectivity index (χ3v) is 4.42. The summed E-state index contributed by atoms with van der Waals surface area (Å²) in [4.78, 5) is 11.2. The summed E-state index contributed by atoms with van der Waals surface area (Å²) in [5.74, 6) is -0.668. The molecule has 0 bridgehead atoms. The van der Waals surface area contributed by atoms with Gasteiger partial charge in [-0.3, -0.25) is 4.79 Å². The molecule has 0 heterocycles. The molecule has 1 aliphatic rings. The van der Waals surface area contributed by atoms with Crippen LogP contribution in [0.15, 0.2) is 0 Å². The van der Waals surface area contributed by atoms with Crippen molar-refractivity contribution < 1.29 is 14.6 Å². The molecule has 0 amide bonds. The number of ether oxygens (including phenoxy) is 1. The lowest BCUT2D eigenvalue weighted by Crippen LogP contribution is -2.65. The lowest BCUT2D eigenvalue weighted by Gasteiger charge is -2.54. The van der Waals surface area contributed by atoms with Crippen molar-refractivity contribution in [3.05, 3.63) is 0 Å². The number of carboxylic acid groups (broad SMARTS) is 1. The van der Waals surface area contributed by atoms with Crippen LogP contribution in [0.5, 0.6) is 0 Å². The molecule has 0 aromatic rings. The maximum absolute atomic E-state index is 11.2. The van der Waals surface area contributed by atoms with Crippen molar-refractivity contribution in [2.75, 3.05) is 6.61 Å². The summed E-state index contributed by atoms with van der Waals surface area (Å²) < 4.78 is 5.73. The first kappa shape index (κ1) is 15.4. The maximum Gasteiger partial charge on any atom is 0.320 e. The molecule has 1 saturated carbocycles. The maximum atomic E-state index is 11.2. The van der Waals surface area contributed by atoms with E-state index in [0.29, 0.717) is 0 Å². The number of nitrogens with one attached hydrogen (secondary N) is 1. The van der Waals surface area contributed by atoms with E-state index < -0.39 is 12.0 Å². The minimum atomic E-state index is -0.761. The van der Waals surface area contributed by atoms with Crippen molar-refractivity contribution in [3.63, 3.8) is 0 Å². The Morgan fingerprint density at radius 3 is 2.50 bits per heavy atom. The van der Waals surface area contributed by atoms with Crippen LogP contribution >= 0.6 is 0 Å². The molecule has 4 heteroatoms. The van der Waals surface area contributed by atoms with Gasteiger partial charge in [-0.2, -0.15) is 0 Å². The van der Waals surface area contributed by atoms with Crippen molar-refractivity contribution >= 4 is 5.97 Å². The number of hydrogen-bond acceptors (Lipinski definition) is 3. The largest absolute Gasteiger partial charge is 0.480 e. The fourth-order valence-electron chi connectivity index (χ4n) is 2.77. The molecule has 1 fully saturated rings. The van der Waals surface area contributed by atoms with Crippen LogP contribution in [0.3, 0.4) is 0 Å². The molecule has 1 aliphatic carbocycles. The molecule has 4 nitrogen and oxygen atoms in total. The Kier molecular flexibility index (Phi) is 5.17. The van der Waals surface area contributed by atoms with Gasteiger partial charge in [0.25, 0.3) is 0 Å². The minimum Gasteiger partial charge on any atom is -0.480 e. The summed E-state index contributed by atoms with van der Waals surface area (Å²) in [6, 6.07) is -0.231. The highest BCUT2D eigenvalue weighted by Crippen LogP contribution is 2.46. The highest BCUT2D eigenvalue weighted by atomic mass is 16.5. The topological polar surface area (TPSA) is 58.6 Å². The van der Waals surface area contributed by atoms with Gasteiger partial charge in [0.1, 0.15) is 6.04 Å². The van der Waals surface area contributed by atoms with Gasteiger partial charge in [0.15, 0.2) is 0 Å². The molecule has 1 rings (SSSR count). The molecule has 0 aromatic carbocycles. The summed E-state index contributed by atoms with van der Waals surface area (Å²) in [6.45, 7) is 10.9. The van der Waals surface area contributed by atoms with Crippen molar-refractivity contribution in [2.24, 2.45) is 11.3 Å².